The van der Waals surface area contributed by atoms with Crippen molar-refractivity contribution in [3.63, 3.8) is 0 Å². The SMILES string of the molecule is CCc1nnc(Cn2ccc(Br)n2)o1. The molecule has 0 unspecified atom stereocenters. The largest absolute Gasteiger partial charge is 0.423 e. The number of rotatable bonds is 3. The van der Waals surface area contributed by atoms with Gasteiger partial charge in [0.1, 0.15) is 11.1 Å². The molecule has 0 N–H and O–H groups in total. The van der Waals surface area contributed by atoms with Gasteiger partial charge < -0.3 is 4.42 Å². The number of hydrogen-bond acceptors (Lipinski definition) is 4. The van der Waals surface area contributed by atoms with Gasteiger partial charge in [-0.05, 0) is 22.0 Å². The van der Waals surface area contributed by atoms with Crippen LogP contribution in [0.1, 0.15) is 18.7 Å². The third-order valence-corrected chi connectivity index (χ3v) is 2.14. The van der Waals surface area contributed by atoms with Crippen LogP contribution in [-0.2, 0) is 13.0 Å². The molecule has 0 saturated heterocycles. The quantitative estimate of drug-likeness (QED) is 0.838. The molecule has 0 aliphatic rings. The lowest BCUT2D eigenvalue weighted by Crippen LogP contribution is -2.00. The predicted octanol–water partition coefficient (Wildman–Crippen LogP) is 1.64. The van der Waals surface area contributed by atoms with Crippen molar-refractivity contribution in [1.82, 2.24) is 20.0 Å². The molecule has 0 aliphatic carbocycles. The van der Waals surface area contributed by atoms with Crippen LogP contribution in [0.4, 0.5) is 0 Å². The molecule has 0 fully saturated rings. The van der Waals surface area contributed by atoms with Crippen LogP contribution in [0.5, 0.6) is 0 Å². The molecule has 74 valence electrons. The van der Waals surface area contributed by atoms with E-state index in [-0.39, 0.29) is 0 Å². The number of nitrogens with zero attached hydrogens (tertiary/aromatic N) is 4. The lowest BCUT2D eigenvalue weighted by molar-refractivity contribution is 0.433. The van der Waals surface area contributed by atoms with Crippen molar-refractivity contribution in [2.45, 2.75) is 19.9 Å². The summed E-state index contributed by atoms with van der Waals surface area (Å²) in [4.78, 5) is 0. The van der Waals surface area contributed by atoms with Crippen molar-refractivity contribution >= 4 is 15.9 Å². The summed E-state index contributed by atoms with van der Waals surface area (Å²) in [5, 5.41) is 11.9. The average molecular weight is 257 g/mol. The molecule has 0 aliphatic heterocycles. The Morgan fingerprint density at radius 3 is 2.79 bits per heavy atom. The Morgan fingerprint density at radius 1 is 1.43 bits per heavy atom. The van der Waals surface area contributed by atoms with Crippen LogP contribution in [0.3, 0.4) is 0 Å². The normalized spacial score (nSPS) is 10.7. The zero-order valence-corrected chi connectivity index (χ0v) is 9.23. The van der Waals surface area contributed by atoms with Gasteiger partial charge in [0, 0.05) is 12.6 Å². The maximum atomic E-state index is 5.35. The summed E-state index contributed by atoms with van der Waals surface area (Å²) >= 11 is 3.27. The number of halogens is 1. The molecule has 0 spiro atoms. The summed E-state index contributed by atoms with van der Waals surface area (Å²) in [6, 6.07) is 1.86. The Labute approximate surface area is 89.3 Å². The average Bonchev–Trinajstić information content (AvgIpc) is 2.76. The lowest BCUT2D eigenvalue weighted by Gasteiger charge is -1.93. The Kier molecular flexibility index (Phi) is 2.62. The van der Waals surface area contributed by atoms with E-state index in [1.807, 2.05) is 19.2 Å². The highest BCUT2D eigenvalue weighted by Gasteiger charge is 2.05. The number of aromatic nitrogens is 4. The highest BCUT2D eigenvalue weighted by atomic mass is 79.9. The summed E-state index contributed by atoms with van der Waals surface area (Å²) in [6.07, 6.45) is 2.61. The second-order valence-electron chi connectivity index (χ2n) is 2.78. The molecule has 2 rings (SSSR count). The molecule has 0 aromatic carbocycles. The molecule has 2 aromatic rings. The van der Waals surface area contributed by atoms with Gasteiger partial charge in [0.25, 0.3) is 0 Å². The van der Waals surface area contributed by atoms with Gasteiger partial charge in [0.05, 0.1) is 0 Å². The van der Waals surface area contributed by atoms with E-state index in [2.05, 4.69) is 31.2 Å². The molecule has 14 heavy (non-hydrogen) atoms. The first-order valence-corrected chi connectivity index (χ1v) is 5.07. The van der Waals surface area contributed by atoms with E-state index < -0.39 is 0 Å². The van der Waals surface area contributed by atoms with Crippen molar-refractivity contribution in [2.75, 3.05) is 0 Å². The van der Waals surface area contributed by atoms with Crippen molar-refractivity contribution in [2.24, 2.45) is 0 Å². The maximum Gasteiger partial charge on any atom is 0.237 e. The standard InChI is InChI=1S/C8H9BrN4O/c1-2-7-10-11-8(14-7)5-13-4-3-6(9)12-13/h3-4H,2,5H2,1H3. The van der Waals surface area contributed by atoms with Crippen molar-refractivity contribution in [3.8, 4) is 0 Å². The zero-order chi connectivity index (χ0) is 9.97. The van der Waals surface area contributed by atoms with Gasteiger partial charge in [-0.2, -0.15) is 5.10 Å². The first kappa shape index (κ1) is 9.39. The van der Waals surface area contributed by atoms with Crippen LogP contribution < -0.4 is 0 Å². The smallest absolute Gasteiger partial charge is 0.237 e. The van der Waals surface area contributed by atoms with Crippen molar-refractivity contribution in [1.29, 1.82) is 0 Å². The van der Waals surface area contributed by atoms with Crippen LogP contribution in [0.15, 0.2) is 21.3 Å². The summed E-state index contributed by atoms with van der Waals surface area (Å²) in [5.41, 5.74) is 0. The lowest BCUT2D eigenvalue weighted by atomic mass is 10.5. The van der Waals surface area contributed by atoms with E-state index >= 15 is 0 Å². The zero-order valence-electron chi connectivity index (χ0n) is 7.64. The van der Waals surface area contributed by atoms with Crippen LogP contribution in [-0.4, -0.2) is 20.0 Å². The van der Waals surface area contributed by atoms with E-state index in [4.69, 9.17) is 4.42 Å². The van der Waals surface area contributed by atoms with E-state index in [1.54, 1.807) is 4.68 Å². The Morgan fingerprint density at radius 2 is 2.21 bits per heavy atom. The van der Waals surface area contributed by atoms with E-state index in [0.717, 1.165) is 11.0 Å². The summed E-state index contributed by atoms with van der Waals surface area (Å²) in [5.74, 6) is 1.24. The van der Waals surface area contributed by atoms with E-state index in [9.17, 15) is 0 Å². The van der Waals surface area contributed by atoms with Crippen molar-refractivity contribution in [3.05, 3.63) is 28.6 Å². The Bertz CT molecular complexity index is 422. The van der Waals surface area contributed by atoms with Gasteiger partial charge in [0.2, 0.25) is 11.8 Å². The molecular formula is C8H9BrN4O. The van der Waals surface area contributed by atoms with E-state index in [0.29, 0.717) is 18.3 Å². The second-order valence-corrected chi connectivity index (χ2v) is 3.59. The third-order valence-electron chi connectivity index (χ3n) is 1.72. The molecule has 0 bridgehead atoms. The number of aryl methyl sites for hydroxylation is 1. The molecule has 0 radical (unpaired) electrons. The summed E-state index contributed by atoms with van der Waals surface area (Å²) < 4.78 is 7.88. The first-order chi connectivity index (χ1) is 6.78. The molecule has 6 heteroatoms. The molecule has 2 aromatic heterocycles. The maximum absolute atomic E-state index is 5.35. The topological polar surface area (TPSA) is 56.7 Å². The highest BCUT2D eigenvalue weighted by Crippen LogP contribution is 2.06. The minimum Gasteiger partial charge on any atom is -0.423 e. The third kappa shape index (κ3) is 2.01. The van der Waals surface area contributed by atoms with Gasteiger partial charge >= 0.3 is 0 Å². The summed E-state index contributed by atoms with van der Waals surface area (Å²) in [6.45, 7) is 2.49. The summed E-state index contributed by atoms with van der Waals surface area (Å²) in [7, 11) is 0. The minimum absolute atomic E-state index is 0.513. The molecule has 2 heterocycles. The Balaban J connectivity index is 2.10. The van der Waals surface area contributed by atoms with Crippen LogP contribution in [0.2, 0.25) is 0 Å². The fourth-order valence-electron chi connectivity index (χ4n) is 1.06. The fraction of sp³-hybridized carbons (Fsp3) is 0.375. The molecule has 0 atom stereocenters. The van der Waals surface area contributed by atoms with Crippen LogP contribution in [0.25, 0.3) is 0 Å². The Hall–Kier alpha value is -1.17. The molecule has 0 amide bonds. The molecular weight excluding hydrogens is 248 g/mol. The van der Waals surface area contributed by atoms with Gasteiger partial charge in [-0.1, -0.05) is 6.92 Å². The molecule has 5 nitrogen and oxygen atoms in total. The van der Waals surface area contributed by atoms with Gasteiger partial charge in [-0.15, -0.1) is 10.2 Å². The first-order valence-electron chi connectivity index (χ1n) is 4.28. The van der Waals surface area contributed by atoms with Gasteiger partial charge in [-0.3, -0.25) is 4.68 Å². The van der Waals surface area contributed by atoms with Crippen LogP contribution in [0, 0.1) is 0 Å². The fourth-order valence-corrected chi connectivity index (χ4v) is 1.38. The van der Waals surface area contributed by atoms with Crippen molar-refractivity contribution < 1.29 is 4.42 Å². The van der Waals surface area contributed by atoms with Crippen LogP contribution >= 0.6 is 15.9 Å². The minimum atomic E-state index is 0.513. The number of hydrogen-bond donors (Lipinski definition) is 0. The van der Waals surface area contributed by atoms with Gasteiger partial charge in [-0.25, -0.2) is 0 Å². The molecule has 0 saturated carbocycles. The monoisotopic (exact) mass is 256 g/mol. The second kappa shape index (κ2) is 3.91. The van der Waals surface area contributed by atoms with E-state index in [1.165, 1.54) is 0 Å². The van der Waals surface area contributed by atoms with Gasteiger partial charge in [0.15, 0.2) is 0 Å². The predicted molar refractivity (Wildman–Crippen MR) is 52.7 cm³/mol. The highest BCUT2D eigenvalue weighted by molar-refractivity contribution is 9.10.